The van der Waals surface area contributed by atoms with Crippen LogP contribution >= 0.6 is 0 Å². The molecule has 22 heavy (non-hydrogen) atoms. The molecule has 0 aliphatic rings. The third-order valence-corrected chi connectivity index (χ3v) is 3.10. The molecule has 0 aliphatic carbocycles. The van der Waals surface area contributed by atoms with Crippen LogP contribution in [0.2, 0.25) is 0 Å². The van der Waals surface area contributed by atoms with Crippen LogP contribution in [0.3, 0.4) is 0 Å². The molecule has 2 aromatic carbocycles. The fourth-order valence-corrected chi connectivity index (χ4v) is 1.90. The van der Waals surface area contributed by atoms with Crippen molar-refractivity contribution in [1.82, 2.24) is 0 Å². The van der Waals surface area contributed by atoms with Crippen molar-refractivity contribution in [2.45, 2.75) is 0 Å². The average molecular weight is 294 g/mol. The first-order valence-corrected chi connectivity index (χ1v) is 6.47. The first-order valence-electron chi connectivity index (χ1n) is 6.47. The van der Waals surface area contributed by atoms with Gasteiger partial charge in [-0.25, -0.2) is 4.79 Å². The summed E-state index contributed by atoms with van der Waals surface area (Å²) in [7, 11) is 0. The summed E-state index contributed by atoms with van der Waals surface area (Å²) >= 11 is 0. The van der Waals surface area contributed by atoms with Crippen LogP contribution in [-0.4, -0.2) is 23.2 Å². The second kappa shape index (κ2) is 6.49. The maximum Gasteiger partial charge on any atom is 0.337 e. The summed E-state index contributed by atoms with van der Waals surface area (Å²) in [5, 5.41) is 18.9. The van der Waals surface area contributed by atoms with E-state index in [1.165, 1.54) is 12.1 Å². The number of carbonyl (C=O) groups excluding carboxylic acids is 1. The summed E-state index contributed by atoms with van der Waals surface area (Å²) in [6, 6.07) is 11.1. The number of rotatable bonds is 5. The number of nitrogens with one attached hydrogen (secondary N) is 2. The van der Waals surface area contributed by atoms with Gasteiger partial charge in [0.1, 0.15) is 0 Å². The van der Waals surface area contributed by atoms with Gasteiger partial charge in [0.2, 0.25) is 0 Å². The molecule has 0 aromatic heterocycles. The van der Waals surface area contributed by atoms with E-state index in [0.717, 1.165) is 11.8 Å². The SMILES string of the molecule is C=Cc1ccc(C(=O)Nc2ccc(C=N)cc2C(=O)O)cc1. The fraction of sp³-hybridized carbons (Fsp3) is 0. The summed E-state index contributed by atoms with van der Waals surface area (Å²) in [4.78, 5) is 23.4. The van der Waals surface area contributed by atoms with Gasteiger partial charge in [-0.05, 0) is 35.4 Å². The molecule has 0 aliphatic heterocycles. The molecule has 0 spiro atoms. The molecule has 0 radical (unpaired) electrons. The molecule has 0 fully saturated rings. The number of benzene rings is 2. The van der Waals surface area contributed by atoms with Gasteiger partial charge in [0.05, 0.1) is 11.3 Å². The van der Waals surface area contributed by atoms with Crippen LogP contribution in [0.15, 0.2) is 49.0 Å². The van der Waals surface area contributed by atoms with Crippen LogP contribution in [0.5, 0.6) is 0 Å². The first kappa shape index (κ1) is 15.2. The maximum atomic E-state index is 12.2. The van der Waals surface area contributed by atoms with Gasteiger partial charge in [0, 0.05) is 11.8 Å². The highest BCUT2D eigenvalue weighted by Crippen LogP contribution is 2.18. The Hall–Kier alpha value is -3.21. The number of carboxylic acids is 1. The summed E-state index contributed by atoms with van der Waals surface area (Å²) in [5.74, 6) is -1.57. The first-order chi connectivity index (χ1) is 10.5. The molecule has 0 atom stereocenters. The van der Waals surface area contributed by atoms with E-state index < -0.39 is 11.9 Å². The van der Waals surface area contributed by atoms with Crippen LogP contribution in [0.25, 0.3) is 6.08 Å². The second-order valence-corrected chi connectivity index (χ2v) is 4.53. The lowest BCUT2D eigenvalue weighted by Crippen LogP contribution is -2.15. The lowest BCUT2D eigenvalue weighted by Gasteiger charge is -2.09. The number of anilines is 1. The largest absolute Gasteiger partial charge is 0.478 e. The number of carboxylic acid groups (broad SMARTS) is 1. The van der Waals surface area contributed by atoms with Crippen LogP contribution < -0.4 is 5.32 Å². The summed E-state index contributed by atoms with van der Waals surface area (Å²) in [6.07, 6.45) is 2.71. The predicted octanol–water partition coefficient (Wildman–Crippen LogP) is 3.28. The van der Waals surface area contributed by atoms with Crippen molar-refractivity contribution >= 4 is 29.9 Å². The fourth-order valence-electron chi connectivity index (χ4n) is 1.90. The van der Waals surface area contributed by atoms with E-state index in [1.807, 2.05) is 0 Å². The molecule has 110 valence electrons. The molecule has 0 unspecified atom stereocenters. The maximum absolute atomic E-state index is 12.2. The van der Waals surface area contributed by atoms with Crippen molar-refractivity contribution in [3.8, 4) is 0 Å². The highest BCUT2D eigenvalue weighted by atomic mass is 16.4. The molecular formula is C17H14N2O3. The minimum absolute atomic E-state index is 0.0583. The van der Waals surface area contributed by atoms with E-state index in [0.29, 0.717) is 11.1 Å². The van der Waals surface area contributed by atoms with Crippen molar-refractivity contribution < 1.29 is 14.7 Å². The predicted molar refractivity (Wildman–Crippen MR) is 85.8 cm³/mol. The molecule has 0 bridgehead atoms. The Bertz CT molecular complexity index is 749. The van der Waals surface area contributed by atoms with Gasteiger partial charge >= 0.3 is 5.97 Å². The Morgan fingerprint density at radius 2 is 1.73 bits per heavy atom. The van der Waals surface area contributed by atoms with Gasteiger partial charge < -0.3 is 15.8 Å². The Kier molecular flexibility index (Phi) is 4.48. The number of hydrogen-bond acceptors (Lipinski definition) is 3. The second-order valence-electron chi connectivity index (χ2n) is 4.53. The smallest absolute Gasteiger partial charge is 0.337 e. The topological polar surface area (TPSA) is 90.3 Å². The van der Waals surface area contributed by atoms with E-state index >= 15 is 0 Å². The molecule has 0 saturated heterocycles. The minimum Gasteiger partial charge on any atom is -0.478 e. The zero-order valence-corrected chi connectivity index (χ0v) is 11.7. The summed E-state index contributed by atoms with van der Waals surface area (Å²) in [6.45, 7) is 3.64. The van der Waals surface area contributed by atoms with E-state index in [4.69, 9.17) is 5.41 Å². The normalized spacial score (nSPS) is 9.82. The average Bonchev–Trinajstić information content (AvgIpc) is 2.55. The van der Waals surface area contributed by atoms with Gasteiger partial charge in [-0.1, -0.05) is 30.9 Å². The minimum atomic E-state index is -1.17. The van der Waals surface area contributed by atoms with Gasteiger partial charge in [-0.2, -0.15) is 0 Å². The molecular weight excluding hydrogens is 280 g/mol. The van der Waals surface area contributed by atoms with Gasteiger partial charge in [0.25, 0.3) is 5.91 Å². The summed E-state index contributed by atoms with van der Waals surface area (Å²) < 4.78 is 0. The Morgan fingerprint density at radius 3 is 2.27 bits per heavy atom. The Morgan fingerprint density at radius 1 is 1.09 bits per heavy atom. The van der Waals surface area contributed by atoms with Gasteiger partial charge in [-0.15, -0.1) is 0 Å². The molecule has 2 aromatic rings. The van der Waals surface area contributed by atoms with E-state index in [-0.39, 0.29) is 11.3 Å². The van der Waals surface area contributed by atoms with Crippen molar-refractivity contribution in [1.29, 1.82) is 5.41 Å². The number of carbonyl (C=O) groups is 2. The number of hydrogen-bond donors (Lipinski definition) is 3. The number of amides is 1. The molecule has 0 saturated carbocycles. The molecule has 0 heterocycles. The van der Waals surface area contributed by atoms with Crippen molar-refractivity contribution in [2.24, 2.45) is 0 Å². The van der Waals surface area contributed by atoms with Crippen molar-refractivity contribution in [2.75, 3.05) is 5.32 Å². The Labute approximate surface area is 127 Å². The highest BCUT2D eigenvalue weighted by Gasteiger charge is 2.14. The number of aromatic carboxylic acids is 1. The van der Waals surface area contributed by atoms with E-state index in [2.05, 4.69) is 11.9 Å². The van der Waals surface area contributed by atoms with E-state index in [9.17, 15) is 14.7 Å². The lowest BCUT2D eigenvalue weighted by atomic mass is 10.1. The molecule has 1 amide bonds. The van der Waals surface area contributed by atoms with Crippen LogP contribution in [-0.2, 0) is 0 Å². The monoisotopic (exact) mass is 294 g/mol. The molecule has 2 rings (SSSR count). The van der Waals surface area contributed by atoms with Gasteiger partial charge in [-0.3, -0.25) is 4.79 Å². The molecule has 3 N–H and O–H groups in total. The van der Waals surface area contributed by atoms with Crippen molar-refractivity contribution in [3.05, 3.63) is 71.3 Å². The van der Waals surface area contributed by atoms with Gasteiger partial charge in [0.15, 0.2) is 0 Å². The molecule has 5 heteroatoms. The van der Waals surface area contributed by atoms with Crippen molar-refractivity contribution in [3.63, 3.8) is 0 Å². The quantitative estimate of drug-likeness (QED) is 0.739. The van der Waals surface area contributed by atoms with Crippen LogP contribution in [0, 0.1) is 5.41 Å². The lowest BCUT2D eigenvalue weighted by molar-refractivity contribution is 0.0698. The van der Waals surface area contributed by atoms with E-state index in [1.54, 1.807) is 36.4 Å². The Balaban J connectivity index is 2.28. The van der Waals surface area contributed by atoms with Crippen LogP contribution in [0.4, 0.5) is 5.69 Å². The third kappa shape index (κ3) is 3.27. The van der Waals surface area contributed by atoms with Crippen LogP contribution in [0.1, 0.15) is 31.8 Å². The third-order valence-electron chi connectivity index (χ3n) is 3.10. The zero-order chi connectivity index (χ0) is 16.1. The zero-order valence-electron chi connectivity index (χ0n) is 11.7. The molecule has 5 nitrogen and oxygen atoms in total. The standard InChI is InChI=1S/C17H14N2O3/c1-2-11-3-6-13(7-4-11)16(20)19-15-8-5-12(10-18)9-14(15)17(21)22/h2-10,18H,1H2,(H,19,20)(H,21,22). The highest BCUT2D eigenvalue weighted by molar-refractivity contribution is 6.08. The summed E-state index contributed by atoms with van der Waals surface area (Å²) in [5.41, 5.74) is 1.88.